The van der Waals surface area contributed by atoms with E-state index in [1.807, 2.05) is 31.3 Å². The van der Waals surface area contributed by atoms with Gasteiger partial charge in [-0.05, 0) is 36.2 Å². The molecule has 158 valence electrons. The van der Waals surface area contributed by atoms with Crippen LogP contribution in [0.3, 0.4) is 0 Å². The van der Waals surface area contributed by atoms with Gasteiger partial charge in [-0.2, -0.15) is 0 Å². The Kier molecular flexibility index (Phi) is 9.37. The van der Waals surface area contributed by atoms with Crippen molar-refractivity contribution in [3.63, 3.8) is 0 Å². The molecule has 1 saturated heterocycles. The molecule has 0 aliphatic carbocycles. The van der Waals surface area contributed by atoms with E-state index < -0.39 is 0 Å². The molecule has 0 atom stereocenters. The summed E-state index contributed by atoms with van der Waals surface area (Å²) in [5.74, 6) is 2.79. The van der Waals surface area contributed by atoms with Gasteiger partial charge in [-0.1, -0.05) is 24.3 Å². The maximum atomic E-state index is 5.51. The number of ether oxygens (including phenoxy) is 2. The zero-order valence-corrected chi connectivity index (χ0v) is 19.8. The van der Waals surface area contributed by atoms with Crippen molar-refractivity contribution in [1.82, 2.24) is 10.2 Å². The molecule has 3 rings (SSSR count). The van der Waals surface area contributed by atoms with Crippen LogP contribution in [0.5, 0.6) is 11.5 Å². The van der Waals surface area contributed by atoms with Gasteiger partial charge in [0, 0.05) is 39.8 Å². The Morgan fingerprint density at radius 3 is 2.45 bits per heavy atom. The molecule has 0 radical (unpaired) electrons. The van der Waals surface area contributed by atoms with Crippen LogP contribution in [0.4, 0.5) is 5.69 Å². The molecular weight excluding hydrogens is 479 g/mol. The predicted octanol–water partition coefficient (Wildman–Crippen LogP) is 3.26. The molecule has 1 heterocycles. The van der Waals surface area contributed by atoms with E-state index in [9.17, 15) is 0 Å². The Hall–Kier alpha value is -2.16. The third-order valence-electron chi connectivity index (χ3n) is 5.05. The Bertz CT molecular complexity index is 792. The van der Waals surface area contributed by atoms with Crippen molar-refractivity contribution in [2.75, 3.05) is 58.9 Å². The van der Waals surface area contributed by atoms with Crippen molar-refractivity contribution >= 4 is 35.6 Å². The highest BCUT2D eigenvalue weighted by atomic mass is 127. The van der Waals surface area contributed by atoms with E-state index >= 15 is 0 Å². The highest BCUT2D eigenvalue weighted by Crippen LogP contribution is 2.28. The van der Waals surface area contributed by atoms with Crippen molar-refractivity contribution in [3.8, 4) is 11.5 Å². The second-order valence-corrected chi connectivity index (χ2v) is 6.72. The van der Waals surface area contributed by atoms with Crippen molar-refractivity contribution in [2.45, 2.75) is 6.42 Å². The highest BCUT2D eigenvalue weighted by Gasteiger charge is 2.21. The van der Waals surface area contributed by atoms with Crippen LogP contribution in [0.1, 0.15) is 5.56 Å². The van der Waals surface area contributed by atoms with Crippen molar-refractivity contribution < 1.29 is 9.47 Å². The number of nitrogens with one attached hydrogen (secondary N) is 1. The predicted molar refractivity (Wildman–Crippen MR) is 130 cm³/mol. The number of hydrogen-bond acceptors (Lipinski definition) is 4. The SMILES string of the molecule is CN=C(NCCc1cccc(OC)c1)N1CCN(c2ccccc2OC)CC1.I. The summed E-state index contributed by atoms with van der Waals surface area (Å²) < 4.78 is 10.8. The first-order chi connectivity index (χ1) is 13.7. The van der Waals surface area contributed by atoms with Gasteiger partial charge in [0.25, 0.3) is 0 Å². The number of nitrogens with zero attached hydrogens (tertiary/aromatic N) is 3. The summed E-state index contributed by atoms with van der Waals surface area (Å²) in [7, 11) is 5.27. The maximum absolute atomic E-state index is 5.51. The van der Waals surface area contributed by atoms with E-state index in [0.717, 1.165) is 62.3 Å². The second kappa shape index (κ2) is 11.7. The first-order valence-corrected chi connectivity index (χ1v) is 9.71. The van der Waals surface area contributed by atoms with Gasteiger partial charge in [0.05, 0.1) is 19.9 Å². The molecule has 2 aromatic rings. The highest BCUT2D eigenvalue weighted by molar-refractivity contribution is 14.0. The summed E-state index contributed by atoms with van der Waals surface area (Å²) in [6.07, 6.45) is 0.928. The topological polar surface area (TPSA) is 49.3 Å². The van der Waals surface area contributed by atoms with Crippen molar-refractivity contribution in [1.29, 1.82) is 0 Å². The lowest BCUT2D eigenvalue weighted by molar-refractivity contribution is 0.367. The molecule has 2 aromatic carbocycles. The first-order valence-electron chi connectivity index (χ1n) is 9.71. The smallest absolute Gasteiger partial charge is 0.193 e. The number of benzene rings is 2. The molecule has 0 aromatic heterocycles. The van der Waals surface area contributed by atoms with Gasteiger partial charge in [-0.15, -0.1) is 24.0 Å². The number of hydrogen-bond donors (Lipinski definition) is 1. The zero-order chi connectivity index (χ0) is 19.8. The molecule has 1 aliphatic rings. The number of methoxy groups -OCH3 is 2. The third kappa shape index (κ3) is 6.16. The van der Waals surface area contributed by atoms with Crippen LogP contribution in [-0.4, -0.2) is 64.9 Å². The molecular formula is C22H31IN4O2. The Morgan fingerprint density at radius 2 is 1.76 bits per heavy atom. The van der Waals surface area contributed by atoms with Crippen LogP contribution in [0, 0.1) is 0 Å². The number of halogens is 1. The molecule has 0 bridgehead atoms. The molecule has 0 spiro atoms. The average molecular weight is 510 g/mol. The van der Waals surface area contributed by atoms with Crippen LogP contribution < -0.4 is 19.7 Å². The monoisotopic (exact) mass is 510 g/mol. The van der Waals surface area contributed by atoms with Crippen LogP contribution >= 0.6 is 24.0 Å². The van der Waals surface area contributed by atoms with Crippen LogP contribution in [0.2, 0.25) is 0 Å². The van der Waals surface area contributed by atoms with Crippen LogP contribution in [-0.2, 0) is 6.42 Å². The standard InChI is InChI=1S/C22H30N4O2.HI/c1-23-22(24-12-11-18-7-6-8-19(17-18)27-2)26-15-13-25(14-16-26)20-9-4-5-10-21(20)28-3;/h4-10,17H,11-16H2,1-3H3,(H,23,24);1H. The Morgan fingerprint density at radius 1 is 1.00 bits per heavy atom. The fourth-order valence-electron chi connectivity index (χ4n) is 3.53. The summed E-state index contributed by atoms with van der Waals surface area (Å²) in [6.45, 7) is 4.58. The minimum absolute atomic E-state index is 0. The summed E-state index contributed by atoms with van der Waals surface area (Å²) in [5, 5.41) is 3.49. The third-order valence-corrected chi connectivity index (χ3v) is 5.05. The molecule has 1 aliphatic heterocycles. The zero-order valence-electron chi connectivity index (χ0n) is 17.4. The molecule has 1 fully saturated rings. The van der Waals surface area contributed by atoms with Crippen LogP contribution in [0.15, 0.2) is 53.5 Å². The van der Waals surface area contributed by atoms with Gasteiger partial charge in [-0.25, -0.2) is 0 Å². The molecule has 7 heteroatoms. The lowest BCUT2D eigenvalue weighted by Gasteiger charge is -2.38. The number of rotatable bonds is 6. The lowest BCUT2D eigenvalue weighted by atomic mass is 10.1. The minimum atomic E-state index is 0. The van der Waals surface area contributed by atoms with Gasteiger partial charge in [0.2, 0.25) is 0 Å². The number of anilines is 1. The second-order valence-electron chi connectivity index (χ2n) is 6.72. The maximum Gasteiger partial charge on any atom is 0.193 e. The lowest BCUT2D eigenvalue weighted by Crippen LogP contribution is -2.52. The summed E-state index contributed by atoms with van der Waals surface area (Å²) in [5.41, 5.74) is 2.41. The number of piperazine rings is 1. The molecule has 1 N–H and O–H groups in total. The van der Waals surface area contributed by atoms with E-state index in [4.69, 9.17) is 9.47 Å². The van der Waals surface area contributed by atoms with Crippen molar-refractivity contribution in [3.05, 3.63) is 54.1 Å². The largest absolute Gasteiger partial charge is 0.497 e. The Labute approximate surface area is 190 Å². The van der Waals surface area contributed by atoms with Crippen LogP contribution in [0.25, 0.3) is 0 Å². The summed E-state index contributed by atoms with van der Waals surface area (Å²) >= 11 is 0. The molecule has 0 unspecified atom stereocenters. The fourth-order valence-corrected chi connectivity index (χ4v) is 3.53. The van der Waals surface area contributed by atoms with Crippen molar-refractivity contribution in [2.24, 2.45) is 4.99 Å². The van der Waals surface area contributed by atoms with E-state index in [-0.39, 0.29) is 24.0 Å². The van der Waals surface area contributed by atoms with Gasteiger partial charge in [-0.3, -0.25) is 4.99 Å². The van der Waals surface area contributed by atoms with Gasteiger partial charge < -0.3 is 24.6 Å². The van der Waals surface area contributed by atoms with Gasteiger partial charge in [0.1, 0.15) is 11.5 Å². The number of para-hydroxylation sites is 2. The molecule has 0 saturated carbocycles. The quantitative estimate of drug-likeness (QED) is 0.368. The van der Waals surface area contributed by atoms with E-state index in [1.165, 1.54) is 5.56 Å². The Balaban J connectivity index is 0.00000300. The average Bonchev–Trinajstić information content (AvgIpc) is 2.77. The first kappa shape index (κ1) is 23.1. The minimum Gasteiger partial charge on any atom is -0.497 e. The molecule has 29 heavy (non-hydrogen) atoms. The summed E-state index contributed by atoms with van der Waals surface area (Å²) in [6, 6.07) is 16.4. The van der Waals surface area contributed by atoms with Gasteiger partial charge in [0.15, 0.2) is 5.96 Å². The molecule has 6 nitrogen and oxygen atoms in total. The number of guanidine groups is 1. The molecule has 0 amide bonds. The van der Waals surface area contributed by atoms with E-state index in [0.29, 0.717) is 0 Å². The fraction of sp³-hybridized carbons (Fsp3) is 0.409. The van der Waals surface area contributed by atoms with E-state index in [2.05, 4.69) is 44.4 Å². The number of aliphatic imine (C=N–C) groups is 1. The normalized spacial score (nSPS) is 14.2. The van der Waals surface area contributed by atoms with Gasteiger partial charge >= 0.3 is 0 Å². The summed E-state index contributed by atoms with van der Waals surface area (Å²) in [4.78, 5) is 9.16. The van der Waals surface area contributed by atoms with E-state index in [1.54, 1.807) is 14.2 Å².